The zero-order chi connectivity index (χ0) is 14.7. The van der Waals surface area contributed by atoms with Gasteiger partial charge in [0.1, 0.15) is 16.7 Å². The van der Waals surface area contributed by atoms with Gasteiger partial charge >= 0.3 is 5.69 Å². The molecule has 0 saturated carbocycles. The smallest absolute Gasteiger partial charge is 0.343 e. The van der Waals surface area contributed by atoms with Crippen LogP contribution in [0.2, 0.25) is 0 Å². The second-order valence-corrected chi connectivity index (χ2v) is 5.32. The normalized spacial score (nSPS) is 10.9. The lowest BCUT2D eigenvalue weighted by atomic mass is 10.3. The molecule has 20 heavy (non-hydrogen) atoms. The number of aromatic nitrogens is 5. The molecule has 0 aromatic carbocycles. The highest BCUT2D eigenvalue weighted by atomic mass is 32.2. The summed E-state index contributed by atoms with van der Waals surface area (Å²) in [5.74, 6) is 1.20. The topological polar surface area (TPSA) is 102 Å². The number of aryl methyl sites for hydroxylation is 1. The lowest BCUT2D eigenvalue weighted by Gasteiger charge is -2.09. The maximum Gasteiger partial charge on any atom is 0.343 e. The van der Waals surface area contributed by atoms with Crippen LogP contribution >= 0.6 is 11.8 Å². The van der Waals surface area contributed by atoms with E-state index in [0.29, 0.717) is 17.5 Å². The highest BCUT2D eigenvalue weighted by molar-refractivity contribution is 7.99. The Bertz CT molecular complexity index is 662. The van der Waals surface area contributed by atoms with Crippen molar-refractivity contribution in [2.75, 3.05) is 5.73 Å². The van der Waals surface area contributed by atoms with Gasteiger partial charge < -0.3 is 5.73 Å². The van der Waals surface area contributed by atoms with Crippen LogP contribution in [0, 0.1) is 6.92 Å². The van der Waals surface area contributed by atoms with E-state index in [4.69, 9.17) is 5.73 Å². The first kappa shape index (κ1) is 14.6. The first-order valence-electron chi connectivity index (χ1n) is 6.52. The molecule has 2 rings (SSSR count). The Morgan fingerprint density at radius 3 is 2.75 bits per heavy atom. The molecule has 3 N–H and O–H groups in total. The molecular weight excluding hydrogens is 276 g/mol. The Kier molecular flexibility index (Phi) is 4.43. The number of hydrogen-bond acceptors (Lipinski definition) is 6. The molecule has 0 saturated heterocycles. The third-order valence-corrected chi connectivity index (χ3v) is 3.97. The van der Waals surface area contributed by atoms with Crippen LogP contribution in [0.4, 0.5) is 5.82 Å². The third kappa shape index (κ3) is 2.84. The first-order valence-corrected chi connectivity index (χ1v) is 7.34. The lowest BCUT2D eigenvalue weighted by Crippen LogP contribution is -2.16. The molecule has 0 aliphatic carbocycles. The lowest BCUT2D eigenvalue weighted by molar-refractivity contribution is 0.659. The Morgan fingerprint density at radius 2 is 2.10 bits per heavy atom. The van der Waals surface area contributed by atoms with Crippen LogP contribution in [0.15, 0.2) is 15.0 Å². The zero-order valence-corrected chi connectivity index (χ0v) is 12.6. The summed E-state index contributed by atoms with van der Waals surface area (Å²) in [4.78, 5) is 20.3. The number of nitrogens with one attached hydrogen (secondary N) is 1. The molecule has 7 nitrogen and oxygen atoms in total. The molecule has 108 valence electrons. The molecule has 8 heteroatoms. The fourth-order valence-electron chi connectivity index (χ4n) is 1.74. The summed E-state index contributed by atoms with van der Waals surface area (Å²) in [6, 6.07) is 0. The van der Waals surface area contributed by atoms with Crippen molar-refractivity contribution in [3.05, 3.63) is 21.9 Å². The molecule has 0 atom stereocenters. The van der Waals surface area contributed by atoms with Crippen molar-refractivity contribution in [3.8, 4) is 0 Å². The molecule has 0 aliphatic heterocycles. The van der Waals surface area contributed by atoms with Crippen molar-refractivity contribution in [2.24, 2.45) is 0 Å². The molecule has 2 heterocycles. The van der Waals surface area contributed by atoms with Gasteiger partial charge in [-0.25, -0.2) is 19.9 Å². The van der Waals surface area contributed by atoms with Gasteiger partial charge in [-0.15, -0.1) is 5.10 Å². The standard InChI is InChI=1S/C12H18N6OS/c1-4-6-8-14-9(13)7(3)10(15-8)20-12-17-16-11(19)18(12)5-2/h4-6H2,1-3H3,(H,16,19)(H2,13,14,15). The number of H-pyrrole nitrogens is 1. The Morgan fingerprint density at radius 1 is 1.35 bits per heavy atom. The minimum absolute atomic E-state index is 0.219. The molecule has 0 spiro atoms. The maximum absolute atomic E-state index is 11.6. The van der Waals surface area contributed by atoms with Crippen molar-refractivity contribution in [1.29, 1.82) is 0 Å². The van der Waals surface area contributed by atoms with Gasteiger partial charge in [0.25, 0.3) is 0 Å². The SMILES string of the molecule is CCCc1nc(N)c(C)c(Sc2n[nH]c(=O)n2CC)n1. The minimum Gasteiger partial charge on any atom is -0.383 e. The van der Waals surface area contributed by atoms with Crippen LogP contribution in [0.1, 0.15) is 31.7 Å². The molecule has 0 bridgehead atoms. The highest BCUT2D eigenvalue weighted by Gasteiger charge is 2.14. The molecule has 0 unspecified atom stereocenters. The van der Waals surface area contributed by atoms with E-state index in [-0.39, 0.29) is 5.69 Å². The fourth-order valence-corrected chi connectivity index (χ4v) is 2.73. The quantitative estimate of drug-likeness (QED) is 0.807. The van der Waals surface area contributed by atoms with Crippen molar-refractivity contribution in [2.45, 2.75) is 50.3 Å². The monoisotopic (exact) mass is 294 g/mol. The highest BCUT2D eigenvalue weighted by Crippen LogP contribution is 2.28. The largest absolute Gasteiger partial charge is 0.383 e. The summed E-state index contributed by atoms with van der Waals surface area (Å²) >= 11 is 1.33. The van der Waals surface area contributed by atoms with Crippen LogP contribution in [0.25, 0.3) is 0 Å². The number of nitrogens with zero attached hydrogens (tertiary/aromatic N) is 4. The van der Waals surface area contributed by atoms with Crippen LogP contribution in [0.3, 0.4) is 0 Å². The molecule has 0 radical (unpaired) electrons. The molecule has 0 amide bonds. The summed E-state index contributed by atoms with van der Waals surface area (Å²) < 4.78 is 1.56. The van der Waals surface area contributed by atoms with E-state index >= 15 is 0 Å². The Hall–Kier alpha value is -1.83. The number of hydrogen-bond donors (Lipinski definition) is 2. The zero-order valence-electron chi connectivity index (χ0n) is 11.8. The van der Waals surface area contributed by atoms with Crippen LogP contribution in [-0.2, 0) is 13.0 Å². The van der Waals surface area contributed by atoms with Gasteiger partial charge in [-0.2, -0.15) is 0 Å². The van der Waals surface area contributed by atoms with Crippen molar-refractivity contribution in [1.82, 2.24) is 24.7 Å². The Labute approximate surface area is 121 Å². The van der Waals surface area contributed by atoms with Crippen molar-refractivity contribution >= 4 is 17.6 Å². The molecular formula is C12H18N6OS. The van der Waals surface area contributed by atoms with Crippen LogP contribution in [0.5, 0.6) is 0 Å². The van der Waals surface area contributed by atoms with Gasteiger partial charge in [0.2, 0.25) is 0 Å². The van der Waals surface area contributed by atoms with E-state index in [2.05, 4.69) is 27.1 Å². The second kappa shape index (κ2) is 6.08. The van der Waals surface area contributed by atoms with E-state index in [1.807, 2.05) is 13.8 Å². The fraction of sp³-hybridized carbons (Fsp3) is 0.500. The number of aromatic amines is 1. The van der Waals surface area contributed by atoms with Gasteiger partial charge in [-0.1, -0.05) is 6.92 Å². The average molecular weight is 294 g/mol. The number of nitrogens with two attached hydrogens (primary N) is 1. The molecule has 0 fully saturated rings. The first-order chi connectivity index (χ1) is 9.56. The van der Waals surface area contributed by atoms with Gasteiger partial charge in [-0.05, 0) is 32.0 Å². The van der Waals surface area contributed by atoms with Gasteiger partial charge in [0, 0.05) is 18.5 Å². The summed E-state index contributed by atoms with van der Waals surface area (Å²) in [5.41, 5.74) is 6.51. The van der Waals surface area contributed by atoms with Gasteiger partial charge in [0.15, 0.2) is 5.16 Å². The maximum atomic E-state index is 11.6. The minimum atomic E-state index is -0.219. The molecule has 2 aromatic rings. The van der Waals surface area contributed by atoms with E-state index in [1.165, 1.54) is 11.8 Å². The predicted octanol–water partition coefficient (Wildman–Crippen LogP) is 1.38. The predicted molar refractivity (Wildman–Crippen MR) is 77.8 cm³/mol. The van der Waals surface area contributed by atoms with E-state index < -0.39 is 0 Å². The number of anilines is 1. The average Bonchev–Trinajstić information content (AvgIpc) is 2.76. The summed E-state index contributed by atoms with van der Waals surface area (Å²) in [6.45, 7) is 6.38. The Balaban J connectivity index is 2.39. The molecule has 2 aromatic heterocycles. The summed E-state index contributed by atoms with van der Waals surface area (Å²) in [5, 5.41) is 7.79. The van der Waals surface area contributed by atoms with E-state index in [9.17, 15) is 4.79 Å². The van der Waals surface area contributed by atoms with E-state index in [1.54, 1.807) is 4.57 Å². The van der Waals surface area contributed by atoms with E-state index in [0.717, 1.165) is 29.3 Å². The molecule has 0 aliphatic rings. The second-order valence-electron chi connectivity index (χ2n) is 4.36. The van der Waals surface area contributed by atoms with Crippen molar-refractivity contribution < 1.29 is 0 Å². The summed E-state index contributed by atoms with van der Waals surface area (Å²) in [7, 11) is 0. The van der Waals surface area contributed by atoms with Crippen molar-refractivity contribution in [3.63, 3.8) is 0 Å². The number of rotatable bonds is 5. The summed E-state index contributed by atoms with van der Waals surface area (Å²) in [6.07, 6.45) is 1.73. The van der Waals surface area contributed by atoms with Crippen LogP contribution < -0.4 is 11.4 Å². The van der Waals surface area contributed by atoms with Gasteiger partial charge in [0.05, 0.1) is 0 Å². The third-order valence-electron chi connectivity index (χ3n) is 2.89. The van der Waals surface area contributed by atoms with Gasteiger partial charge in [-0.3, -0.25) is 4.57 Å². The number of nitrogen functional groups attached to an aromatic ring is 1. The van der Waals surface area contributed by atoms with Crippen LogP contribution in [-0.4, -0.2) is 24.7 Å².